The third-order valence-corrected chi connectivity index (χ3v) is 6.22. The van der Waals surface area contributed by atoms with Crippen molar-refractivity contribution < 1.29 is 19.4 Å². The molecule has 0 spiro atoms. The number of carbonyl (C=O) groups is 2. The summed E-state index contributed by atoms with van der Waals surface area (Å²) >= 11 is 1.06. The molecule has 1 N–H and O–H groups in total. The number of amides is 1. The molecule has 33 heavy (non-hydrogen) atoms. The van der Waals surface area contributed by atoms with E-state index in [1.165, 1.54) is 4.52 Å². The number of hydrogen-bond acceptors (Lipinski definition) is 7. The first kappa shape index (κ1) is 20.8. The highest BCUT2D eigenvalue weighted by molar-refractivity contribution is 7.15. The van der Waals surface area contributed by atoms with Gasteiger partial charge in [0.15, 0.2) is 5.82 Å². The third kappa shape index (κ3) is 3.54. The lowest BCUT2D eigenvalue weighted by Gasteiger charge is -2.13. The minimum Gasteiger partial charge on any atom is -0.494 e. The predicted molar refractivity (Wildman–Crippen MR) is 123 cm³/mol. The van der Waals surface area contributed by atoms with E-state index in [-0.39, 0.29) is 10.1 Å². The highest BCUT2D eigenvalue weighted by Crippen LogP contribution is 2.35. The van der Waals surface area contributed by atoms with Crippen LogP contribution in [-0.2, 0) is 9.59 Å². The predicted octanol–water partition coefficient (Wildman–Crippen LogP) is 1.96. The fourth-order valence-electron chi connectivity index (χ4n) is 3.72. The number of carbonyl (C=O) groups excluding carboxylic acids is 1. The summed E-state index contributed by atoms with van der Waals surface area (Å²) in [5.41, 5.74) is 1.43. The Morgan fingerprint density at radius 1 is 1.12 bits per heavy atom. The van der Waals surface area contributed by atoms with Gasteiger partial charge in [0.1, 0.15) is 16.8 Å². The van der Waals surface area contributed by atoms with Crippen LogP contribution in [-0.4, -0.2) is 44.7 Å². The molecule has 166 valence electrons. The molecule has 4 aromatic rings. The van der Waals surface area contributed by atoms with Crippen LogP contribution in [0.1, 0.15) is 18.9 Å². The molecule has 1 aliphatic rings. The Labute approximate surface area is 191 Å². The van der Waals surface area contributed by atoms with Crippen LogP contribution in [0.3, 0.4) is 0 Å². The first-order chi connectivity index (χ1) is 16.0. The second-order valence-electron chi connectivity index (χ2n) is 7.42. The third-order valence-electron chi connectivity index (χ3n) is 5.19. The lowest BCUT2D eigenvalue weighted by atomic mass is 10.1. The van der Waals surface area contributed by atoms with Crippen molar-refractivity contribution >= 4 is 39.4 Å². The number of aliphatic carboxylic acids is 1. The van der Waals surface area contributed by atoms with E-state index in [2.05, 4.69) is 10.1 Å². The maximum atomic E-state index is 13.2. The summed E-state index contributed by atoms with van der Waals surface area (Å²) in [6.07, 6.45) is 0.912. The van der Waals surface area contributed by atoms with E-state index in [0.717, 1.165) is 34.0 Å². The molecule has 0 fully saturated rings. The van der Waals surface area contributed by atoms with Crippen molar-refractivity contribution in [3.63, 3.8) is 0 Å². The van der Waals surface area contributed by atoms with Crippen molar-refractivity contribution in [1.29, 1.82) is 0 Å². The number of carboxylic acid groups (broad SMARTS) is 1. The lowest BCUT2D eigenvalue weighted by Crippen LogP contribution is -2.35. The maximum Gasteiger partial charge on any atom is 0.323 e. The van der Waals surface area contributed by atoms with Crippen LogP contribution < -0.4 is 19.7 Å². The molecular weight excluding hydrogens is 444 g/mol. The second-order valence-corrected chi connectivity index (χ2v) is 8.39. The Morgan fingerprint density at radius 3 is 2.58 bits per heavy atom. The molecule has 0 bridgehead atoms. The zero-order valence-electron chi connectivity index (χ0n) is 17.5. The summed E-state index contributed by atoms with van der Waals surface area (Å²) in [4.78, 5) is 43.5. The number of hydrogen-bond donors (Lipinski definition) is 1. The molecule has 1 amide bonds. The molecule has 0 saturated heterocycles. The number of fused-ring (bicyclic) bond motifs is 2. The average molecular weight is 462 g/mol. The molecule has 1 aliphatic heterocycles. The number of aromatic nitrogens is 3. The van der Waals surface area contributed by atoms with E-state index < -0.39 is 24.0 Å². The first-order valence-electron chi connectivity index (χ1n) is 10.3. The summed E-state index contributed by atoms with van der Waals surface area (Å²) in [6.45, 7) is 2.17. The molecule has 0 saturated carbocycles. The topological polar surface area (TPSA) is 114 Å². The fourth-order valence-corrected chi connectivity index (χ4v) is 4.72. The Bertz CT molecular complexity index is 1510. The Morgan fingerprint density at radius 2 is 1.88 bits per heavy atom. The van der Waals surface area contributed by atoms with Gasteiger partial charge in [-0.1, -0.05) is 36.5 Å². The number of benzene rings is 2. The molecule has 5 rings (SSSR count). The number of carboxylic acids is 1. The summed E-state index contributed by atoms with van der Waals surface area (Å²) in [6, 6.07) is 14.1. The number of nitrogens with zero attached hydrogens (tertiary/aromatic N) is 4. The van der Waals surface area contributed by atoms with Gasteiger partial charge in [0, 0.05) is 11.1 Å². The van der Waals surface area contributed by atoms with Crippen LogP contribution in [0.4, 0.5) is 5.69 Å². The van der Waals surface area contributed by atoms with Crippen LogP contribution >= 0.6 is 11.3 Å². The smallest absolute Gasteiger partial charge is 0.323 e. The first-order valence-corrected chi connectivity index (χ1v) is 11.1. The maximum absolute atomic E-state index is 13.2. The van der Waals surface area contributed by atoms with Gasteiger partial charge >= 0.3 is 5.97 Å². The molecule has 0 aliphatic carbocycles. The van der Waals surface area contributed by atoms with Crippen molar-refractivity contribution in [2.24, 2.45) is 0 Å². The summed E-state index contributed by atoms with van der Waals surface area (Å²) < 4.78 is 6.95. The number of ether oxygens (including phenoxy) is 1. The minimum absolute atomic E-state index is 0.174. The van der Waals surface area contributed by atoms with Gasteiger partial charge in [-0.15, -0.1) is 5.10 Å². The van der Waals surface area contributed by atoms with E-state index in [0.29, 0.717) is 28.6 Å². The van der Waals surface area contributed by atoms with Crippen molar-refractivity contribution in [3.05, 3.63) is 69.0 Å². The monoisotopic (exact) mass is 462 g/mol. The van der Waals surface area contributed by atoms with E-state index in [9.17, 15) is 19.5 Å². The van der Waals surface area contributed by atoms with E-state index in [1.807, 2.05) is 31.2 Å². The molecular formula is C23H18N4O5S. The van der Waals surface area contributed by atoms with Gasteiger partial charge in [0.25, 0.3) is 11.5 Å². The second kappa shape index (κ2) is 8.14. The number of anilines is 1. The van der Waals surface area contributed by atoms with Gasteiger partial charge in [-0.25, -0.2) is 0 Å². The van der Waals surface area contributed by atoms with Gasteiger partial charge < -0.3 is 9.84 Å². The summed E-state index contributed by atoms with van der Waals surface area (Å²) in [7, 11) is 0. The fraction of sp³-hybridized carbons (Fsp3) is 0.174. The number of thiazole rings is 1. The van der Waals surface area contributed by atoms with Crippen LogP contribution in [0.2, 0.25) is 0 Å². The average Bonchev–Trinajstić information content (AvgIpc) is 3.44. The van der Waals surface area contributed by atoms with Crippen LogP contribution in [0.15, 0.2) is 53.3 Å². The van der Waals surface area contributed by atoms with E-state index in [1.54, 1.807) is 24.3 Å². The number of rotatable bonds is 6. The minimum atomic E-state index is -1.14. The van der Waals surface area contributed by atoms with Crippen molar-refractivity contribution in [1.82, 2.24) is 14.6 Å². The normalized spacial score (nSPS) is 14.7. The van der Waals surface area contributed by atoms with Gasteiger partial charge in [-0.3, -0.25) is 19.3 Å². The Kier molecular flexibility index (Phi) is 5.14. The molecule has 9 nitrogen and oxygen atoms in total. The Hall–Kier alpha value is -4.05. The van der Waals surface area contributed by atoms with Gasteiger partial charge in [0.2, 0.25) is 4.96 Å². The molecule has 3 heterocycles. The van der Waals surface area contributed by atoms with Gasteiger partial charge in [-0.2, -0.15) is 9.50 Å². The largest absolute Gasteiger partial charge is 0.494 e. The van der Waals surface area contributed by atoms with Crippen molar-refractivity contribution in [2.75, 3.05) is 18.1 Å². The van der Waals surface area contributed by atoms with Crippen LogP contribution in [0, 0.1) is 0 Å². The summed E-state index contributed by atoms with van der Waals surface area (Å²) in [5, 5.41) is 13.6. The van der Waals surface area contributed by atoms with E-state index in [4.69, 9.17) is 4.74 Å². The molecule has 0 radical (unpaired) electrons. The zero-order chi connectivity index (χ0) is 23.1. The molecule has 10 heteroatoms. The van der Waals surface area contributed by atoms with Crippen molar-refractivity contribution in [2.45, 2.75) is 13.3 Å². The molecule has 2 aromatic carbocycles. The van der Waals surface area contributed by atoms with Gasteiger partial charge in [0.05, 0.1) is 17.9 Å². The van der Waals surface area contributed by atoms with Crippen LogP contribution in [0.5, 0.6) is 5.75 Å². The molecule has 0 atom stereocenters. The van der Waals surface area contributed by atoms with Gasteiger partial charge in [-0.05, 0) is 36.8 Å². The highest BCUT2D eigenvalue weighted by Gasteiger charge is 2.35. The van der Waals surface area contributed by atoms with Crippen LogP contribution in [0.25, 0.3) is 21.9 Å². The lowest BCUT2D eigenvalue weighted by molar-refractivity contribution is -0.136. The van der Waals surface area contributed by atoms with E-state index >= 15 is 0 Å². The molecule has 0 unspecified atom stereocenters. The highest BCUT2D eigenvalue weighted by atomic mass is 32.1. The Balaban J connectivity index is 1.59. The molecule has 2 aromatic heterocycles. The standard InChI is InChI=1S/C23H18N4O5S/c1-2-11-32-14-9-7-13(8-10-14)20-24-23-27(25-20)22(31)19(33-23)18-15-5-3-4-6-16(15)26(21(18)30)12-17(28)29/h3-10H,2,11-12H2,1H3,(H,28,29)/b19-18-. The van der Waals surface area contributed by atoms with Crippen molar-refractivity contribution in [3.8, 4) is 17.1 Å². The SMILES string of the molecule is CCCOc1ccc(-c2nc3s/c(=C4\C(=O)N(CC(=O)O)c5ccccc54)c(=O)n3n2)cc1. The zero-order valence-corrected chi connectivity index (χ0v) is 18.3. The quantitative estimate of drug-likeness (QED) is 0.466. The summed E-state index contributed by atoms with van der Waals surface area (Å²) in [5.74, 6) is -0.528. The number of para-hydroxylation sites is 1.